The lowest BCUT2D eigenvalue weighted by atomic mass is 10.4. The quantitative estimate of drug-likeness (QED) is 0.396. The van der Waals surface area contributed by atoms with Crippen LogP contribution in [0.3, 0.4) is 0 Å². The molecule has 0 saturated heterocycles. The van der Waals surface area contributed by atoms with E-state index in [1.807, 2.05) is 0 Å². The van der Waals surface area contributed by atoms with Crippen LogP contribution in [-0.4, -0.2) is 43.3 Å². The molecule has 0 heterocycles. The molecule has 6 nitrogen and oxygen atoms in total. The topological polar surface area (TPSA) is 84.5 Å². The number of ether oxygens (including phenoxy) is 1. The van der Waals surface area contributed by atoms with Crippen molar-refractivity contribution >= 4 is 33.7 Å². The van der Waals surface area contributed by atoms with Crippen molar-refractivity contribution < 1.29 is 19.1 Å². The zero-order chi connectivity index (χ0) is 11.0. The molecule has 0 aliphatic carbocycles. The van der Waals surface area contributed by atoms with Crippen LogP contribution in [0.1, 0.15) is 0 Å². The van der Waals surface area contributed by atoms with Gasteiger partial charge in [-0.05, 0) is 0 Å². The number of alkyl carbamates (subject to hydrolysis) is 1. The maximum absolute atomic E-state index is 10.9. The van der Waals surface area contributed by atoms with Crippen molar-refractivity contribution in [3.8, 4) is 0 Å². The molecule has 0 aromatic rings. The van der Waals surface area contributed by atoms with Crippen LogP contribution in [0.5, 0.6) is 0 Å². The standard InChI is InChI=1S/C7H11BrN2O4/c1-14-7(13)10-3-2-9-6(12)5(11)4-8/h2-4H2,1H3,(H,9,12)(H,10,13). The van der Waals surface area contributed by atoms with Crippen molar-refractivity contribution in [2.24, 2.45) is 0 Å². The molecule has 0 fully saturated rings. The molecule has 7 heteroatoms. The number of hydrogen-bond acceptors (Lipinski definition) is 4. The lowest BCUT2D eigenvalue weighted by Crippen LogP contribution is -2.38. The van der Waals surface area contributed by atoms with Crippen molar-refractivity contribution in [2.75, 3.05) is 25.5 Å². The fourth-order valence-electron chi connectivity index (χ4n) is 0.572. The van der Waals surface area contributed by atoms with Gasteiger partial charge in [0.05, 0.1) is 12.4 Å². The summed E-state index contributed by atoms with van der Waals surface area (Å²) >= 11 is 2.86. The fraction of sp³-hybridized carbons (Fsp3) is 0.571. The largest absolute Gasteiger partial charge is 0.453 e. The van der Waals surface area contributed by atoms with Crippen molar-refractivity contribution in [1.29, 1.82) is 0 Å². The Labute approximate surface area is 89.5 Å². The summed E-state index contributed by atoms with van der Waals surface area (Å²) in [5, 5.41) is 4.66. The summed E-state index contributed by atoms with van der Waals surface area (Å²) in [4.78, 5) is 32.1. The number of nitrogens with one attached hydrogen (secondary N) is 2. The Morgan fingerprint density at radius 2 is 1.79 bits per heavy atom. The highest BCUT2D eigenvalue weighted by Gasteiger charge is 2.10. The second-order valence-electron chi connectivity index (χ2n) is 2.23. The summed E-state index contributed by atoms with van der Waals surface area (Å²) < 4.78 is 4.29. The summed E-state index contributed by atoms with van der Waals surface area (Å²) in [5.74, 6) is -1.23. The van der Waals surface area contributed by atoms with Gasteiger partial charge in [-0.1, -0.05) is 15.9 Å². The summed E-state index contributed by atoms with van der Waals surface area (Å²) in [6.45, 7) is 0.403. The van der Waals surface area contributed by atoms with Gasteiger partial charge in [-0.15, -0.1) is 0 Å². The van der Waals surface area contributed by atoms with Gasteiger partial charge < -0.3 is 15.4 Å². The predicted octanol–water partition coefficient (Wildman–Crippen LogP) is -0.577. The lowest BCUT2D eigenvalue weighted by molar-refractivity contribution is -0.136. The molecular formula is C7H11BrN2O4. The van der Waals surface area contributed by atoms with E-state index in [0.29, 0.717) is 0 Å². The minimum Gasteiger partial charge on any atom is -0.453 e. The van der Waals surface area contributed by atoms with Crippen LogP contribution in [0.15, 0.2) is 0 Å². The van der Waals surface area contributed by atoms with Crippen molar-refractivity contribution in [2.45, 2.75) is 0 Å². The molecule has 14 heavy (non-hydrogen) atoms. The Morgan fingerprint density at radius 1 is 1.21 bits per heavy atom. The number of amides is 2. The zero-order valence-corrected chi connectivity index (χ0v) is 9.22. The first kappa shape index (κ1) is 12.9. The number of alkyl halides is 1. The van der Waals surface area contributed by atoms with Crippen molar-refractivity contribution in [3.63, 3.8) is 0 Å². The molecule has 2 amide bonds. The Balaban J connectivity index is 3.50. The molecule has 0 bridgehead atoms. The van der Waals surface area contributed by atoms with Gasteiger partial charge in [0.25, 0.3) is 5.91 Å². The van der Waals surface area contributed by atoms with Crippen LogP contribution in [0.25, 0.3) is 0 Å². The molecule has 0 aliphatic heterocycles. The molecule has 0 saturated carbocycles. The van der Waals surface area contributed by atoms with Crippen molar-refractivity contribution in [3.05, 3.63) is 0 Å². The first-order valence-electron chi connectivity index (χ1n) is 3.80. The van der Waals surface area contributed by atoms with E-state index in [-0.39, 0.29) is 18.4 Å². The number of Topliss-reactive ketones (excluding diaryl/α,β-unsaturated/α-hetero) is 1. The normalized spacial score (nSPS) is 9.00. The van der Waals surface area contributed by atoms with E-state index in [0.717, 1.165) is 0 Å². The molecule has 0 radical (unpaired) electrons. The van der Waals surface area contributed by atoms with E-state index in [2.05, 4.69) is 31.3 Å². The minimum absolute atomic E-state index is 0.0107. The van der Waals surface area contributed by atoms with Gasteiger partial charge in [0.2, 0.25) is 5.78 Å². The highest BCUT2D eigenvalue weighted by Crippen LogP contribution is 1.81. The van der Waals surface area contributed by atoms with Gasteiger partial charge in [0, 0.05) is 13.1 Å². The van der Waals surface area contributed by atoms with Gasteiger partial charge in [-0.2, -0.15) is 0 Å². The predicted molar refractivity (Wildman–Crippen MR) is 52.2 cm³/mol. The van der Waals surface area contributed by atoms with Crippen molar-refractivity contribution in [1.82, 2.24) is 10.6 Å². The molecule has 2 N–H and O–H groups in total. The number of hydrogen-bond donors (Lipinski definition) is 2. The Morgan fingerprint density at radius 3 is 2.29 bits per heavy atom. The summed E-state index contributed by atoms with van der Waals surface area (Å²) in [7, 11) is 1.24. The molecule has 0 aliphatic rings. The third kappa shape index (κ3) is 5.52. The third-order valence-corrected chi connectivity index (χ3v) is 1.75. The fourth-order valence-corrected chi connectivity index (χ4v) is 0.827. The third-order valence-electron chi connectivity index (χ3n) is 1.24. The first-order chi connectivity index (χ1) is 6.61. The molecular weight excluding hydrogens is 256 g/mol. The number of halogens is 1. The van der Waals surface area contributed by atoms with E-state index >= 15 is 0 Å². The van der Waals surface area contributed by atoms with E-state index in [1.165, 1.54) is 7.11 Å². The average molecular weight is 267 g/mol. The number of methoxy groups -OCH3 is 1. The van der Waals surface area contributed by atoms with Gasteiger partial charge in [-0.25, -0.2) is 4.79 Å². The molecule has 0 unspecified atom stereocenters. The highest BCUT2D eigenvalue weighted by atomic mass is 79.9. The molecule has 0 rings (SSSR count). The number of carbonyl (C=O) groups excluding carboxylic acids is 3. The number of carbonyl (C=O) groups is 3. The van der Waals surface area contributed by atoms with Crippen LogP contribution in [0.4, 0.5) is 4.79 Å². The van der Waals surface area contributed by atoms with Crippen LogP contribution in [0.2, 0.25) is 0 Å². The number of rotatable bonds is 5. The van der Waals surface area contributed by atoms with Gasteiger partial charge in [0.15, 0.2) is 0 Å². The van der Waals surface area contributed by atoms with E-state index < -0.39 is 17.8 Å². The molecule has 0 atom stereocenters. The molecule has 80 valence electrons. The van der Waals surface area contributed by atoms with E-state index in [1.54, 1.807) is 0 Å². The Hall–Kier alpha value is -1.11. The SMILES string of the molecule is COC(=O)NCCNC(=O)C(=O)CBr. The lowest BCUT2D eigenvalue weighted by Gasteiger charge is -2.04. The summed E-state index contributed by atoms with van der Waals surface area (Å²) in [5.41, 5.74) is 0. The molecule has 0 spiro atoms. The van der Waals surface area contributed by atoms with Crippen LogP contribution >= 0.6 is 15.9 Å². The molecule has 0 aromatic heterocycles. The Kier molecular flexibility index (Phi) is 6.73. The van der Waals surface area contributed by atoms with Gasteiger partial charge >= 0.3 is 6.09 Å². The highest BCUT2D eigenvalue weighted by molar-refractivity contribution is 9.09. The number of ketones is 1. The van der Waals surface area contributed by atoms with Crippen LogP contribution < -0.4 is 10.6 Å². The van der Waals surface area contributed by atoms with Gasteiger partial charge in [-0.3, -0.25) is 9.59 Å². The van der Waals surface area contributed by atoms with E-state index in [4.69, 9.17) is 0 Å². The minimum atomic E-state index is -0.673. The molecule has 0 aromatic carbocycles. The monoisotopic (exact) mass is 266 g/mol. The maximum Gasteiger partial charge on any atom is 0.406 e. The summed E-state index contributed by atoms with van der Waals surface area (Å²) in [6.07, 6.45) is -0.578. The maximum atomic E-state index is 10.9. The van der Waals surface area contributed by atoms with Crippen LogP contribution in [-0.2, 0) is 14.3 Å². The first-order valence-corrected chi connectivity index (χ1v) is 4.92. The zero-order valence-electron chi connectivity index (χ0n) is 7.63. The second-order valence-corrected chi connectivity index (χ2v) is 2.79. The van der Waals surface area contributed by atoms with Gasteiger partial charge in [0.1, 0.15) is 0 Å². The second kappa shape index (κ2) is 7.31. The average Bonchev–Trinajstić information content (AvgIpc) is 2.22. The summed E-state index contributed by atoms with van der Waals surface area (Å²) in [6, 6.07) is 0. The van der Waals surface area contributed by atoms with Crippen LogP contribution in [0, 0.1) is 0 Å². The smallest absolute Gasteiger partial charge is 0.406 e. The van der Waals surface area contributed by atoms with E-state index in [9.17, 15) is 14.4 Å². The Bertz CT molecular complexity index is 232.